The molecule has 0 aliphatic carbocycles. The molecule has 0 fully saturated rings. The summed E-state index contributed by atoms with van der Waals surface area (Å²) in [5, 5.41) is 0. The molecule has 0 aliphatic rings. The van der Waals surface area contributed by atoms with E-state index in [1.165, 1.54) is 12.1 Å². The number of aromatic nitrogens is 1. The quantitative estimate of drug-likeness (QED) is 0.660. The van der Waals surface area contributed by atoms with Crippen LogP contribution in [0.2, 0.25) is 0 Å². The van der Waals surface area contributed by atoms with E-state index in [0.29, 0.717) is 22.0 Å². The van der Waals surface area contributed by atoms with Gasteiger partial charge in [-0.15, -0.1) is 11.6 Å². The number of alkyl halides is 1. The molecule has 0 radical (unpaired) electrons. The third-order valence-corrected chi connectivity index (χ3v) is 3.70. The van der Waals surface area contributed by atoms with E-state index in [4.69, 9.17) is 16.3 Å². The van der Waals surface area contributed by atoms with Crippen LogP contribution in [0.1, 0.15) is 31.0 Å². The van der Waals surface area contributed by atoms with Gasteiger partial charge in [0.25, 0.3) is 0 Å². The van der Waals surface area contributed by atoms with Crippen molar-refractivity contribution in [2.75, 3.05) is 0 Å². The van der Waals surface area contributed by atoms with Crippen molar-refractivity contribution in [3.8, 4) is 11.6 Å². The Kier molecular flexibility index (Phi) is 5.00. The van der Waals surface area contributed by atoms with Crippen LogP contribution in [0.5, 0.6) is 11.6 Å². The van der Waals surface area contributed by atoms with Crippen molar-refractivity contribution in [2.24, 2.45) is 0 Å². The topological polar surface area (TPSA) is 22.1 Å². The highest BCUT2D eigenvalue weighted by molar-refractivity contribution is 9.10. The Bertz CT molecular complexity index is 619. The molecule has 0 unspecified atom stereocenters. The van der Waals surface area contributed by atoms with Gasteiger partial charge >= 0.3 is 0 Å². The summed E-state index contributed by atoms with van der Waals surface area (Å²) >= 11 is 9.21. The molecular weight excluding hydrogens is 345 g/mol. The third-order valence-electron chi connectivity index (χ3n) is 2.74. The summed E-state index contributed by atoms with van der Waals surface area (Å²) < 4.78 is 19.6. The van der Waals surface area contributed by atoms with Gasteiger partial charge < -0.3 is 4.74 Å². The second kappa shape index (κ2) is 6.55. The van der Waals surface area contributed by atoms with Crippen LogP contribution in [0.3, 0.4) is 0 Å². The number of nitrogens with zero attached hydrogens (tertiary/aromatic N) is 1. The number of rotatable bonds is 4. The lowest BCUT2D eigenvalue weighted by atomic mass is 10.1. The summed E-state index contributed by atoms with van der Waals surface area (Å²) in [7, 11) is 0. The molecule has 2 nitrogen and oxygen atoms in total. The largest absolute Gasteiger partial charge is 0.438 e. The Hall–Kier alpha value is -1.13. The summed E-state index contributed by atoms with van der Waals surface area (Å²) in [4.78, 5) is 4.42. The van der Waals surface area contributed by atoms with E-state index >= 15 is 0 Å². The summed E-state index contributed by atoms with van der Waals surface area (Å²) in [6.45, 7) is 4.09. The molecule has 0 aliphatic heterocycles. The molecule has 5 heteroatoms. The fourth-order valence-corrected chi connectivity index (χ4v) is 2.16. The maximum atomic E-state index is 13.3. The van der Waals surface area contributed by atoms with Gasteiger partial charge in [0, 0.05) is 23.7 Å². The fourth-order valence-electron chi connectivity index (χ4n) is 1.68. The van der Waals surface area contributed by atoms with Crippen molar-refractivity contribution in [3.05, 3.63) is 51.9 Å². The number of hydrogen-bond acceptors (Lipinski definition) is 2. The van der Waals surface area contributed by atoms with Crippen molar-refractivity contribution in [3.63, 3.8) is 0 Å². The second-order valence-corrected chi connectivity index (χ2v) is 5.83. The molecule has 0 atom stereocenters. The number of pyridine rings is 1. The second-order valence-electron chi connectivity index (χ2n) is 4.70. The average molecular weight is 359 g/mol. The molecule has 0 saturated heterocycles. The van der Waals surface area contributed by atoms with E-state index in [1.54, 1.807) is 12.1 Å². The van der Waals surface area contributed by atoms with Gasteiger partial charge in [-0.1, -0.05) is 13.8 Å². The van der Waals surface area contributed by atoms with E-state index in [1.807, 2.05) is 19.9 Å². The predicted molar refractivity (Wildman–Crippen MR) is 82.1 cm³/mol. The molecule has 2 aromatic rings. The highest BCUT2D eigenvalue weighted by atomic mass is 79.9. The zero-order chi connectivity index (χ0) is 14.7. The SMILES string of the molecule is CC(C)c1cc(CCl)cc(Oc2cc(F)ccc2Br)n1. The number of hydrogen-bond donors (Lipinski definition) is 0. The van der Waals surface area contributed by atoms with E-state index in [2.05, 4.69) is 20.9 Å². The smallest absolute Gasteiger partial charge is 0.219 e. The first-order chi connectivity index (χ1) is 9.49. The maximum absolute atomic E-state index is 13.3. The lowest BCUT2D eigenvalue weighted by Gasteiger charge is -2.12. The van der Waals surface area contributed by atoms with E-state index in [0.717, 1.165) is 11.3 Å². The highest BCUT2D eigenvalue weighted by Crippen LogP contribution is 2.31. The number of benzene rings is 1. The van der Waals surface area contributed by atoms with Crippen molar-refractivity contribution < 1.29 is 9.13 Å². The molecule has 106 valence electrons. The van der Waals surface area contributed by atoms with Crippen LogP contribution < -0.4 is 4.74 Å². The Morgan fingerprint density at radius 2 is 2.05 bits per heavy atom. The summed E-state index contributed by atoms with van der Waals surface area (Å²) in [5.41, 5.74) is 1.82. The molecule has 1 aromatic heterocycles. The Balaban J connectivity index is 2.37. The van der Waals surface area contributed by atoms with Gasteiger partial charge in [-0.25, -0.2) is 9.37 Å². The fraction of sp³-hybridized carbons (Fsp3) is 0.267. The van der Waals surface area contributed by atoms with E-state index < -0.39 is 0 Å². The molecule has 0 bridgehead atoms. The van der Waals surface area contributed by atoms with Crippen LogP contribution in [-0.4, -0.2) is 4.98 Å². The Morgan fingerprint density at radius 3 is 2.70 bits per heavy atom. The van der Waals surface area contributed by atoms with Gasteiger partial charge in [0.2, 0.25) is 5.88 Å². The summed E-state index contributed by atoms with van der Waals surface area (Å²) in [6.07, 6.45) is 0. The number of ether oxygens (including phenoxy) is 1. The van der Waals surface area contributed by atoms with Crippen LogP contribution in [0.25, 0.3) is 0 Å². The minimum atomic E-state index is -0.360. The highest BCUT2D eigenvalue weighted by Gasteiger charge is 2.10. The van der Waals surface area contributed by atoms with E-state index in [-0.39, 0.29) is 11.7 Å². The first-order valence-corrected chi connectivity index (χ1v) is 7.52. The molecule has 1 aromatic carbocycles. The van der Waals surface area contributed by atoms with Crippen LogP contribution in [0.4, 0.5) is 4.39 Å². The summed E-state index contributed by atoms with van der Waals surface area (Å²) in [6, 6.07) is 7.98. The van der Waals surface area contributed by atoms with Gasteiger partial charge in [0.05, 0.1) is 4.47 Å². The van der Waals surface area contributed by atoms with Gasteiger partial charge in [-0.3, -0.25) is 0 Å². The summed E-state index contributed by atoms with van der Waals surface area (Å²) in [5.74, 6) is 1.08. The molecule has 20 heavy (non-hydrogen) atoms. The van der Waals surface area contributed by atoms with Crippen LogP contribution in [-0.2, 0) is 5.88 Å². The molecule has 2 rings (SSSR count). The van der Waals surface area contributed by atoms with Crippen molar-refractivity contribution in [2.45, 2.75) is 25.6 Å². The molecule has 0 saturated carbocycles. The average Bonchev–Trinajstić information content (AvgIpc) is 2.42. The van der Waals surface area contributed by atoms with Gasteiger partial charge in [0.1, 0.15) is 11.6 Å². The molecule has 1 heterocycles. The molecule has 0 N–H and O–H groups in total. The lowest BCUT2D eigenvalue weighted by Crippen LogP contribution is -1.98. The van der Waals surface area contributed by atoms with Gasteiger partial charge in [0.15, 0.2) is 0 Å². The van der Waals surface area contributed by atoms with Crippen LogP contribution in [0, 0.1) is 5.82 Å². The standard InChI is InChI=1S/C15H14BrClFNO/c1-9(2)13-5-10(8-17)6-15(19-13)20-14-7-11(18)3-4-12(14)16/h3-7,9H,8H2,1-2H3. The zero-order valence-corrected chi connectivity index (χ0v) is 13.5. The van der Waals surface area contributed by atoms with E-state index in [9.17, 15) is 4.39 Å². The van der Waals surface area contributed by atoms with Crippen LogP contribution >= 0.6 is 27.5 Å². The maximum Gasteiger partial charge on any atom is 0.219 e. The van der Waals surface area contributed by atoms with Crippen molar-refractivity contribution in [1.29, 1.82) is 0 Å². The first kappa shape index (κ1) is 15.3. The van der Waals surface area contributed by atoms with Crippen molar-refractivity contribution >= 4 is 27.5 Å². The Morgan fingerprint density at radius 1 is 1.30 bits per heavy atom. The minimum absolute atomic E-state index is 0.261. The predicted octanol–water partition coefficient (Wildman–Crippen LogP) is 5.64. The number of halogens is 3. The lowest BCUT2D eigenvalue weighted by molar-refractivity contribution is 0.451. The monoisotopic (exact) mass is 357 g/mol. The molecular formula is C15H14BrClFNO. The van der Waals surface area contributed by atoms with Gasteiger partial charge in [-0.2, -0.15) is 0 Å². The van der Waals surface area contributed by atoms with Crippen molar-refractivity contribution in [1.82, 2.24) is 4.98 Å². The van der Waals surface area contributed by atoms with Gasteiger partial charge in [-0.05, 0) is 45.6 Å². The zero-order valence-electron chi connectivity index (χ0n) is 11.2. The van der Waals surface area contributed by atoms with Crippen LogP contribution in [0.15, 0.2) is 34.8 Å². The third kappa shape index (κ3) is 3.70. The minimum Gasteiger partial charge on any atom is -0.438 e. The molecule has 0 amide bonds. The normalized spacial score (nSPS) is 10.9. The Labute approximate surface area is 131 Å². The first-order valence-electron chi connectivity index (χ1n) is 6.19. The molecule has 0 spiro atoms.